The van der Waals surface area contributed by atoms with E-state index in [1.54, 1.807) is 41.7 Å². The summed E-state index contributed by atoms with van der Waals surface area (Å²) in [6.07, 6.45) is 0. The molecule has 0 aliphatic rings. The molecule has 2 aromatic heterocycles. The van der Waals surface area contributed by atoms with Gasteiger partial charge in [-0.3, -0.25) is 14.0 Å². The maximum absolute atomic E-state index is 13.4. The maximum atomic E-state index is 13.4. The molecule has 172 valence electrons. The minimum Gasteiger partial charge on any atom is -0.324 e. The minimum atomic E-state index is -0.548. The number of nitrogens with zero attached hydrogens (tertiary/aromatic N) is 5. The highest BCUT2D eigenvalue weighted by Crippen LogP contribution is 2.27. The molecular formula is C26H20N6O2S. The number of anilines is 1. The van der Waals surface area contributed by atoms with Crippen molar-refractivity contribution in [3.63, 3.8) is 0 Å². The molecule has 2 heterocycles. The van der Waals surface area contributed by atoms with Gasteiger partial charge in [0.1, 0.15) is 6.07 Å². The summed E-state index contributed by atoms with van der Waals surface area (Å²) in [4.78, 5) is 26.3. The lowest BCUT2D eigenvalue weighted by Crippen LogP contribution is -2.24. The van der Waals surface area contributed by atoms with E-state index < -0.39 is 5.25 Å². The van der Waals surface area contributed by atoms with Crippen molar-refractivity contribution in [3.05, 3.63) is 94.3 Å². The zero-order valence-electron chi connectivity index (χ0n) is 19.0. The van der Waals surface area contributed by atoms with Gasteiger partial charge in [0, 0.05) is 0 Å². The van der Waals surface area contributed by atoms with E-state index in [0.717, 1.165) is 5.56 Å². The molecule has 0 aliphatic heterocycles. The highest BCUT2D eigenvalue weighted by molar-refractivity contribution is 8.00. The van der Waals surface area contributed by atoms with Gasteiger partial charge in [-0.2, -0.15) is 5.26 Å². The van der Waals surface area contributed by atoms with Crippen molar-refractivity contribution in [1.29, 1.82) is 5.26 Å². The number of nitrogens with one attached hydrogen (secondary N) is 1. The Bertz CT molecular complexity index is 1680. The normalized spacial score (nSPS) is 11.9. The van der Waals surface area contributed by atoms with Gasteiger partial charge in [0.25, 0.3) is 5.56 Å². The van der Waals surface area contributed by atoms with Crippen molar-refractivity contribution in [1.82, 2.24) is 19.2 Å². The molecule has 5 rings (SSSR count). The van der Waals surface area contributed by atoms with E-state index in [1.807, 2.05) is 49.4 Å². The predicted octanol–water partition coefficient (Wildman–Crippen LogP) is 4.33. The number of carbonyl (C=O) groups is 1. The fraction of sp³-hybridized carbons (Fsp3) is 0.115. The Morgan fingerprint density at radius 1 is 1.03 bits per heavy atom. The smallest absolute Gasteiger partial charge is 0.267 e. The van der Waals surface area contributed by atoms with E-state index in [0.29, 0.717) is 38.8 Å². The number of nitriles is 1. The molecule has 5 aromatic rings. The van der Waals surface area contributed by atoms with Crippen LogP contribution in [0.4, 0.5) is 5.69 Å². The first kappa shape index (κ1) is 22.4. The third-order valence-corrected chi connectivity index (χ3v) is 6.69. The van der Waals surface area contributed by atoms with Crippen LogP contribution in [0.15, 0.2) is 82.7 Å². The Morgan fingerprint density at radius 3 is 2.51 bits per heavy atom. The standard InChI is InChI=1S/C26H20N6O2S/c1-16-11-13-19(14-12-16)31-24(34)20-8-4-6-10-22(20)32-25(31)29-30-26(32)35-17(2)23(33)28-21-9-5-3-7-18(21)15-27/h3-14,17H,1-2H3,(H,28,33). The summed E-state index contributed by atoms with van der Waals surface area (Å²) in [7, 11) is 0. The lowest BCUT2D eigenvalue weighted by molar-refractivity contribution is -0.115. The van der Waals surface area contributed by atoms with Gasteiger partial charge in [-0.1, -0.05) is 53.7 Å². The zero-order valence-corrected chi connectivity index (χ0v) is 19.8. The molecule has 0 saturated carbocycles. The number of thioether (sulfide) groups is 1. The molecule has 35 heavy (non-hydrogen) atoms. The Hall–Kier alpha value is -4.42. The number of aromatic nitrogens is 4. The number of fused-ring (bicyclic) bond motifs is 3. The molecule has 3 aromatic carbocycles. The van der Waals surface area contributed by atoms with Crippen LogP contribution in [-0.2, 0) is 4.79 Å². The average molecular weight is 481 g/mol. The topological polar surface area (TPSA) is 105 Å². The number of rotatable bonds is 5. The lowest BCUT2D eigenvalue weighted by Gasteiger charge is -2.14. The van der Waals surface area contributed by atoms with E-state index in [9.17, 15) is 14.9 Å². The van der Waals surface area contributed by atoms with Crippen molar-refractivity contribution in [3.8, 4) is 11.8 Å². The summed E-state index contributed by atoms with van der Waals surface area (Å²) in [6, 6.07) is 23.8. The minimum absolute atomic E-state index is 0.195. The Morgan fingerprint density at radius 2 is 1.74 bits per heavy atom. The first-order valence-electron chi connectivity index (χ1n) is 10.9. The fourth-order valence-corrected chi connectivity index (χ4v) is 4.67. The lowest BCUT2D eigenvalue weighted by atomic mass is 10.2. The van der Waals surface area contributed by atoms with Gasteiger partial charge in [-0.25, -0.2) is 4.57 Å². The highest BCUT2D eigenvalue weighted by Gasteiger charge is 2.22. The third-order valence-electron chi connectivity index (χ3n) is 5.64. The van der Waals surface area contributed by atoms with Crippen LogP contribution in [0.5, 0.6) is 0 Å². The number of aryl methyl sites for hydroxylation is 1. The quantitative estimate of drug-likeness (QED) is 0.375. The maximum Gasteiger partial charge on any atom is 0.267 e. The average Bonchev–Trinajstić information content (AvgIpc) is 3.28. The molecule has 0 aliphatic carbocycles. The summed E-state index contributed by atoms with van der Waals surface area (Å²) in [6.45, 7) is 3.74. The second-order valence-corrected chi connectivity index (χ2v) is 9.33. The molecule has 0 fully saturated rings. The van der Waals surface area contributed by atoms with Crippen LogP contribution < -0.4 is 10.9 Å². The van der Waals surface area contributed by atoms with E-state index in [1.165, 1.54) is 16.3 Å². The molecule has 1 atom stereocenters. The molecule has 1 N–H and O–H groups in total. The summed E-state index contributed by atoms with van der Waals surface area (Å²) in [5, 5.41) is 21.2. The summed E-state index contributed by atoms with van der Waals surface area (Å²) in [5.74, 6) is 0.0908. The molecule has 0 radical (unpaired) electrons. The number of para-hydroxylation sites is 2. The van der Waals surface area contributed by atoms with Crippen LogP contribution >= 0.6 is 11.8 Å². The van der Waals surface area contributed by atoms with Crippen molar-refractivity contribution in [2.75, 3.05) is 5.32 Å². The number of carbonyl (C=O) groups excluding carboxylic acids is 1. The number of hydrogen-bond donors (Lipinski definition) is 1. The molecule has 0 bridgehead atoms. The Balaban J connectivity index is 1.58. The number of benzene rings is 3. The van der Waals surface area contributed by atoms with E-state index in [2.05, 4.69) is 21.6 Å². The largest absolute Gasteiger partial charge is 0.324 e. The van der Waals surface area contributed by atoms with Crippen molar-refractivity contribution in [2.24, 2.45) is 0 Å². The summed E-state index contributed by atoms with van der Waals surface area (Å²) < 4.78 is 3.33. The van der Waals surface area contributed by atoms with Crippen molar-refractivity contribution < 1.29 is 4.79 Å². The Labute approximate surface area is 204 Å². The van der Waals surface area contributed by atoms with Gasteiger partial charge in [-0.15, -0.1) is 10.2 Å². The van der Waals surface area contributed by atoms with E-state index in [4.69, 9.17) is 0 Å². The van der Waals surface area contributed by atoms with Gasteiger partial charge in [0.15, 0.2) is 5.16 Å². The molecule has 9 heteroatoms. The monoisotopic (exact) mass is 480 g/mol. The SMILES string of the molecule is Cc1ccc(-n2c(=O)c3ccccc3n3c(SC(C)C(=O)Nc4ccccc4C#N)nnc23)cc1. The predicted molar refractivity (Wildman–Crippen MR) is 136 cm³/mol. The molecule has 0 spiro atoms. The van der Waals surface area contributed by atoms with Gasteiger partial charge in [0.2, 0.25) is 11.7 Å². The molecular weight excluding hydrogens is 460 g/mol. The van der Waals surface area contributed by atoms with Crippen LogP contribution in [0.25, 0.3) is 22.4 Å². The number of hydrogen-bond acceptors (Lipinski definition) is 6. The van der Waals surface area contributed by atoms with Crippen LogP contribution in [-0.4, -0.2) is 30.3 Å². The highest BCUT2D eigenvalue weighted by atomic mass is 32.2. The third kappa shape index (κ3) is 4.05. The summed E-state index contributed by atoms with van der Waals surface area (Å²) >= 11 is 1.23. The van der Waals surface area contributed by atoms with Crippen LogP contribution in [0.2, 0.25) is 0 Å². The first-order chi connectivity index (χ1) is 17.0. The molecule has 8 nitrogen and oxygen atoms in total. The van der Waals surface area contributed by atoms with Crippen LogP contribution in [0.3, 0.4) is 0 Å². The Kier molecular flexibility index (Phi) is 5.81. The second kappa shape index (κ2) is 9.08. The number of amides is 1. The van der Waals surface area contributed by atoms with Crippen molar-refractivity contribution in [2.45, 2.75) is 24.3 Å². The van der Waals surface area contributed by atoms with Gasteiger partial charge in [0.05, 0.1) is 33.1 Å². The van der Waals surface area contributed by atoms with Crippen molar-refractivity contribution >= 4 is 40.0 Å². The summed E-state index contributed by atoms with van der Waals surface area (Å²) in [5.41, 5.74) is 3.07. The van der Waals surface area contributed by atoms with Gasteiger partial charge < -0.3 is 5.32 Å². The molecule has 1 amide bonds. The van der Waals surface area contributed by atoms with Gasteiger partial charge in [-0.05, 0) is 50.2 Å². The molecule has 1 unspecified atom stereocenters. The second-order valence-electron chi connectivity index (χ2n) is 8.02. The molecule has 0 saturated heterocycles. The van der Waals surface area contributed by atoms with Gasteiger partial charge >= 0.3 is 0 Å². The zero-order chi connectivity index (χ0) is 24.5. The fourth-order valence-electron chi connectivity index (χ4n) is 3.82. The van der Waals surface area contributed by atoms with E-state index >= 15 is 0 Å². The van der Waals surface area contributed by atoms with Crippen LogP contribution in [0.1, 0.15) is 18.1 Å². The first-order valence-corrected chi connectivity index (χ1v) is 11.8. The van der Waals surface area contributed by atoms with Crippen LogP contribution in [0, 0.1) is 18.3 Å². The van der Waals surface area contributed by atoms with E-state index in [-0.39, 0.29) is 11.5 Å².